The number of carbonyl (C=O) groups excluding carboxylic acids is 5. The molecule has 16 heteroatoms. The predicted octanol–water partition coefficient (Wildman–Crippen LogP) is 6.78. The van der Waals surface area contributed by atoms with E-state index in [4.69, 9.17) is 4.74 Å². The molecule has 54 heavy (non-hydrogen) atoms. The van der Waals surface area contributed by atoms with Crippen LogP contribution < -0.4 is 26.6 Å². The Kier molecular flexibility index (Phi) is 12.9. The summed E-state index contributed by atoms with van der Waals surface area (Å²) in [6.45, 7) is 10.2. The van der Waals surface area contributed by atoms with Gasteiger partial charge in [-0.1, -0.05) is 24.8 Å². The first-order valence-electron chi connectivity index (χ1n) is 16.5. The summed E-state index contributed by atoms with van der Waals surface area (Å²) in [4.78, 5) is 71.6. The minimum absolute atomic E-state index is 0.0140. The van der Waals surface area contributed by atoms with Crippen LogP contribution in [0.4, 0.5) is 41.9 Å². The van der Waals surface area contributed by atoms with E-state index >= 15 is 0 Å². The fraction of sp³-hybridized carbons (Fsp3) is 0.237. The zero-order valence-electron chi connectivity index (χ0n) is 29.8. The van der Waals surface area contributed by atoms with Gasteiger partial charge in [-0.3, -0.25) is 24.0 Å². The molecule has 0 aliphatic rings. The zero-order chi connectivity index (χ0) is 39.6. The highest BCUT2D eigenvalue weighted by Gasteiger charge is 2.31. The zero-order valence-corrected chi connectivity index (χ0v) is 29.8. The molecule has 4 amide bonds. The monoisotopic (exact) mass is 745 g/mol. The lowest BCUT2D eigenvalue weighted by Gasteiger charge is -2.21. The number of esters is 1. The Hall–Kier alpha value is -6.58. The smallest absolute Gasteiger partial charge is 0.416 e. The van der Waals surface area contributed by atoms with Gasteiger partial charge in [-0.25, -0.2) is 9.97 Å². The third kappa shape index (κ3) is 12.0. The van der Waals surface area contributed by atoms with Crippen molar-refractivity contribution in [3.8, 4) is 0 Å². The second-order valence-electron chi connectivity index (χ2n) is 12.9. The highest BCUT2D eigenvalue weighted by molar-refractivity contribution is 6.08. The number of halogens is 3. The van der Waals surface area contributed by atoms with Crippen LogP contribution in [0.15, 0.2) is 91.8 Å². The first-order valence-corrected chi connectivity index (χ1v) is 16.5. The van der Waals surface area contributed by atoms with Crippen LogP contribution in [0, 0.1) is 6.92 Å². The third-order valence-electron chi connectivity index (χ3n) is 7.36. The topological polar surface area (TPSA) is 181 Å². The molecular weight excluding hydrogens is 707 g/mol. The van der Waals surface area contributed by atoms with Gasteiger partial charge < -0.3 is 31.3 Å². The summed E-state index contributed by atoms with van der Waals surface area (Å²) in [6.07, 6.45) is -1.01. The maximum Gasteiger partial charge on any atom is 0.416 e. The summed E-state index contributed by atoms with van der Waals surface area (Å²) in [5.74, 6) is -2.85. The van der Waals surface area contributed by atoms with Crippen molar-refractivity contribution in [3.05, 3.63) is 114 Å². The summed E-state index contributed by atoms with van der Waals surface area (Å²) in [5, 5.41) is 13.4. The normalized spacial score (nSPS) is 11.8. The van der Waals surface area contributed by atoms with Crippen LogP contribution in [0.25, 0.3) is 0 Å². The fourth-order valence-corrected chi connectivity index (χ4v) is 4.83. The molecule has 282 valence electrons. The molecule has 0 saturated carbocycles. The predicted molar refractivity (Wildman–Crippen MR) is 196 cm³/mol. The lowest BCUT2D eigenvalue weighted by atomic mass is 10.1. The van der Waals surface area contributed by atoms with Crippen LogP contribution in [0.1, 0.15) is 65.5 Å². The van der Waals surface area contributed by atoms with E-state index in [2.05, 4.69) is 43.1 Å². The quantitative estimate of drug-likeness (QED) is 0.0728. The molecule has 0 spiro atoms. The molecule has 13 nitrogen and oxygen atoms in total. The number of rotatable bonds is 13. The molecule has 1 atom stereocenters. The molecule has 0 bridgehead atoms. The maximum absolute atomic E-state index is 13.1. The van der Waals surface area contributed by atoms with E-state index in [1.54, 1.807) is 58.0 Å². The van der Waals surface area contributed by atoms with Crippen molar-refractivity contribution in [1.82, 2.24) is 15.3 Å². The number of anilines is 5. The van der Waals surface area contributed by atoms with Gasteiger partial charge in [0, 0.05) is 34.6 Å². The molecular formula is C38H38F3N7O6. The van der Waals surface area contributed by atoms with Gasteiger partial charge in [0.2, 0.25) is 17.8 Å². The molecule has 4 rings (SSSR count). The molecule has 4 aromatic rings. The van der Waals surface area contributed by atoms with E-state index < -0.39 is 53.0 Å². The molecule has 0 aliphatic heterocycles. The Bertz CT molecular complexity index is 2050. The van der Waals surface area contributed by atoms with Crippen molar-refractivity contribution < 1.29 is 41.9 Å². The van der Waals surface area contributed by atoms with Gasteiger partial charge in [-0.15, -0.1) is 0 Å². The molecule has 0 radical (unpaired) electrons. The van der Waals surface area contributed by atoms with Crippen molar-refractivity contribution in [3.63, 3.8) is 0 Å². The van der Waals surface area contributed by atoms with Crippen LogP contribution >= 0.6 is 0 Å². The van der Waals surface area contributed by atoms with E-state index in [1.807, 2.05) is 0 Å². The van der Waals surface area contributed by atoms with Gasteiger partial charge in [0.15, 0.2) is 0 Å². The molecule has 3 aromatic carbocycles. The Morgan fingerprint density at radius 3 is 2.13 bits per heavy atom. The van der Waals surface area contributed by atoms with Crippen LogP contribution in [-0.2, 0) is 25.3 Å². The van der Waals surface area contributed by atoms with Crippen molar-refractivity contribution in [2.75, 3.05) is 21.3 Å². The van der Waals surface area contributed by atoms with Crippen molar-refractivity contribution in [2.24, 2.45) is 0 Å². The second-order valence-corrected chi connectivity index (χ2v) is 12.9. The molecule has 0 aliphatic carbocycles. The lowest BCUT2D eigenvalue weighted by Crippen LogP contribution is -2.43. The molecule has 1 unspecified atom stereocenters. The third-order valence-corrected chi connectivity index (χ3v) is 7.36. The van der Waals surface area contributed by atoms with Gasteiger partial charge in [-0.05, 0) is 94.3 Å². The standard InChI is InChI=1S/C38H38F3N7O6/c1-6-31(49)48-30(15-16-32(50)54-37(3,4)5)35(53)45-25-11-8-12-26(18-25)47-36-42-20-28(21-43-36)46-34(52)29-19-27(14-13-22(29)2)44-33(51)23-9-7-10-24(17-23)38(39,40)41/h6-14,17-21,30H,1,15-16H2,2-5H3,(H,44,51)(H,45,53)(H,46,52)(H,48,49)(H,42,43,47). The molecule has 0 fully saturated rings. The number of aryl methyl sites for hydroxylation is 1. The number of ether oxygens (including phenoxy) is 1. The van der Waals surface area contributed by atoms with Crippen LogP contribution in [-0.4, -0.2) is 51.2 Å². The van der Waals surface area contributed by atoms with Crippen LogP contribution in [0.3, 0.4) is 0 Å². The highest BCUT2D eigenvalue weighted by Crippen LogP contribution is 2.30. The summed E-state index contributed by atoms with van der Waals surface area (Å²) < 4.78 is 44.6. The van der Waals surface area contributed by atoms with E-state index in [9.17, 15) is 37.1 Å². The molecule has 5 N–H and O–H groups in total. The van der Waals surface area contributed by atoms with Crippen LogP contribution in [0.5, 0.6) is 0 Å². The summed E-state index contributed by atoms with van der Waals surface area (Å²) in [5.41, 5.74) is 0.177. The molecule has 0 saturated heterocycles. The van der Waals surface area contributed by atoms with Gasteiger partial charge >= 0.3 is 12.1 Å². The second kappa shape index (κ2) is 17.3. The number of benzene rings is 3. The van der Waals surface area contributed by atoms with E-state index in [-0.39, 0.29) is 41.3 Å². The Labute approximate surface area is 308 Å². The summed E-state index contributed by atoms with van der Waals surface area (Å²) in [6, 6.07) is 14.0. The van der Waals surface area contributed by atoms with E-state index in [0.717, 1.165) is 24.3 Å². The SMILES string of the molecule is C=CC(=O)NC(CCC(=O)OC(C)(C)C)C(=O)Nc1cccc(Nc2ncc(NC(=O)c3cc(NC(=O)c4cccc(C(F)(F)F)c4)ccc3C)cn2)c1. The first-order chi connectivity index (χ1) is 25.4. The van der Waals surface area contributed by atoms with Gasteiger partial charge in [0.05, 0.1) is 23.6 Å². The minimum atomic E-state index is -4.61. The summed E-state index contributed by atoms with van der Waals surface area (Å²) >= 11 is 0. The van der Waals surface area contributed by atoms with Crippen molar-refractivity contribution in [2.45, 2.75) is 58.4 Å². The Balaban J connectivity index is 1.37. The molecule has 1 heterocycles. The van der Waals surface area contributed by atoms with Crippen molar-refractivity contribution >= 4 is 58.3 Å². The largest absolute Gasteiger partial charge is 0.460 e. The number of nitrogens with one attached hydrogen (secondary N) is 5. The van der Waals surface area contributed by atoms with E-state index in [1.165, 1.54) is 30.6 Å². The minimum Gasteiger partial charge on any atom is -0.460 e. The van der Waals surface area contributed by atoms with Gasteiger partial charge in [-0.2, -0.15) is 13.2 Å². The Morgan fingerprint density at radius 2 is 1.46 bits per heavy atom. The lowest BCUT2D eigenvalue weighted by molar-refractivity contribution is -0.155. The van der Waals surface area contributed by atoms with Crippen molar-refractivity contribution in [1.29, 1.82) is 0 Å². The van der Waals surface area contributed by atoms with Gasteiger partial charge in [0.1, 0.15) is 11.6 Å². The number of carbonyl (C=O) groups is 5. The average molecular weight is 746 g/mol. The summed E-state index contributed by atoms with van der Waals surface area (Å²) in [7, 11) is 0. The molecule has 1 aromatic heterocycles. The maximum atomic E-state index is 13.1. The Morgan fingerprint density at radius 1 is 0.815 bits per heavy atom. The average Bonchev–Trinajstić information content (AvgIpc) is 3.10. The fourth-order valence-electron chi connectivity index (χ4n) is 4.83. The number of aromatic nitrogens is 2. The van der Waals surface area contributed by atoms with Gasteiger partial charge in [0.25, 0.3) is 11.8 Å². The number of alkyl halides is 3. The number of hydrogen-bond donors (Lipinski definition) is 5. The number of amides is 4. The first kappa shape index (κ1) is 40.2. The van der Waals surface area contributed by atoms with Crippen LogP contribution in [0.2, 0.25) is 0 Å². The highest BCUT2D eigenvalue weighted by atomic mass is 19.4. The number of nitrogens with zero attached hydrogens (tertiary/aromatic N) is 2. The number of hydrogen-bond acceptors (Lipinski definition) is 9. The van der Waals surface area contributed by atoms with E-state index in [0.29, 0.717) is 16.9 Å².